The molecule has 0 saturated heterocycles. The van der Waals surface area contributed by atoms with Crippen LogP contribution >= 0.6 is 15.9 Å². The van der Waals surface area contributed by atoms with Crippen LogP contribution in [0.5, 0.6) is 0 Å². The van der Waals surface area contributed by atoms with Gasteiger partial charge in [-0.3, -0.25) is 19.7 Å². The minimum atomic E-state index is -1.99. The number of methoxy groups -OCH3 is 1. The van der Waals surface area contributed by atoms with E-state index in [2.05, 4.69) is 15.9 Å². The van der Waals surface area contributed by atoms with E-state index in [4.69, 9.17) is 4.74 Å². The van der Waals surface area contributed by atoms with E-state index >= 15 is 0 Å². The third-order valence-electron chi connectivity index (χ3n) is 4.99. The second-order valence-corrected chi connectivity index (χ2v) is 7.27. The summed E-state index contributed by atoms with van der Waals surface area (Å²) < 4.78 is 5.56. The maximum atomic E-state index is 13.2. The summed E-state index contributed by atoms with van der Waals surface area (Å²) in [7, 11) is 1.24. The molecule has 0 saturated carbocycles. The van der Waals surface area contributed by atoms with Crippen LogP contribution < -0.4 is 0 Å². The zero-order valence-electron chi connectivity index (χ0n) is 14.1. The summed E-state index contributed by atoms with van der Waals surface area (Å²) in [4.78, 5) is 37.3. The van der Waals surface area contributed by atoms with Crippen LogP contribution in [-0.4, -0.2) is 29.3 Å². The van der Waals surface area contributed by atoms with Crippen LogP contribution in [0.15, 0.2) is 53.0 Å². The lowest BCUT2D eigenvalue weighted by molar-refractivity contribution is -0.551. The molecule has 0 amide bonds. The summed E-state index contributed by atoms with van der Waals surface area (Å²) in [5.74, 6) is -3.17. The van der Waals surface area contributed by atoms with E-state index in [-0.39, 0.29) is 5.56 Å². The molecule has 0 spiro atoms. The van der Waals surface area contributed by atoms with Crippen molar-refractivity contribution >= 4 is 27.7 Å². The first-order valence-corrected chi connectivity index (χ1v) is 8.73. The van der Waals surface area contributed by atoms with Crippen LogP contribution in [0, 0.1) is 10.1 Å². The fourth-order valence-corrected chi connectivity index (χ4v) is 4.04. The van der Waals surface area contributed by atoms with Crippen molar-refractivity contribution in [1.29, 1.82) is 0 Å². The van der Waals surface area contributed by atoms with Crippen LogP contribution in [0.2, 0.25) is 0 Å². The number of ether oxygens (including phenoxy) is 1. The Morgan fingerprint density at radius 2 is 1.88 bits per heavy atom. The molecular formula is C19H16BrNO5. The van der Waals surface area contributed by atoms with Gasteiger partial charge in [0, 0.05) is 21.9 Å². The van der Waals surface area contributed by atoms with Crippen molar-refractivity contribution < 1.29 is 19.2 Å². The predicted octanol–water partition coefficient (Wildman–Crippen LogP) is 3.72. The average Bonchev–Trinajstić information content (AvgIpc) is 2.64. The zero-order valence-corrected chi connectivity index (χ0v) is 15.7. The minimum Gasteiger partial charge on any atom is -0.469 e. The van der Waals surface area contributed by atoms with E-state index in [1.807, 2.05) is 0 Å². The fraction of sp³-hybridized carbons (Fsp3) is 0.263. The molecule has 0 bridgehead atoms. The fourth-order valence-electron chi connectivity index (χ4n) is 3.68. The number of carbonyl (C=O) groups excluding carboxylic acids is 2. The number of hydrogen-bond donors (Lipinski definition) is 0. The highest BCUT2D eigenvalue weighted by Gasteiger charge is 2.62. The molecule has 3 atom stereocenters. The topological polar surface area (TPSA) is 86.5 Å². The first-order chi connectivity index (χ1) is 12.3. The van der Waals surface area contributed by atoms with Crippen molar-refractivity contribution in [2.75, 3.05) is 7.11 Å². The molecule has 26 heavy (non-hydrogen) atoms. The number of esters is 1. The molecule has 134 valence electrons. The van der Waals surface area contributed by atoms with Crippen molar-refractivity contribution in [2.45, 2.75) is 24.3 Å². The molecule has 0 fully saturated rings. The third kappa shape index (κ3) is 2.63. The number of ketones is 1. The van der Waals surface area contributed by atoms with Crippen LogP contribution in [0.1, 0.15) is 40.2 Å². The Balaban J connectivity index is 2.37. The van der Waals surface area contributed by atoms with Gasteiger partial charge < -0.3 is 4.74 Å². The Morgan fingerprint density at radius 3 is 2.46 bits per heavy atom. The monoisotopic (exact) mass is 417 g/mol. The molecule has 0 unspecified atom stereocenters. The van der Waals surface area contributed by atoms with Crippen LogP contribution in [0.4, 0.5) is 0 Å². The minimum absolute atomic E-state index is 0.168. The number of benzene rings is 2. The van der Waals surface area contributed by atoms with Gasteiger partial charge in [-0.2, -0.15) is 0 Å². The summed E-state index contributed by atoms with van der Waals surface area (Å²) in [6, 6.07) is 13.5. The quantitative estimate of drug-likeness (QED) is 0.431. The Kier molecular flexibility index (Phi) is 4.66. The molecule has 0 radical (unpaired) electrons. The number of nitrogens with zero attached hydrogens (tertiary/aromatic N) is 1. The molecule has 2 aromatic carbocycles. The number of nitro groups is 1. The molecular weight excluding hydrogens is 402 g/mol. The van der Waals surface area contributed by atoms with Gasteiger partial charge in [0.25, 0.3) is 5.54 Å². The summed E-state index contributed by atoms with van der Waals surface area (Å²) >= 11 is 3.29. The standard InChI is InChI=1S/C19H16BrNO5/c1-19(21(24)25)16(11-6-4-3-5-7-11)15(18(23)26-2)13-9-8-12(20)10-14(13)17(19)22/h3-10,15-16H,1-2H3/t15-,16-,19+/m1/s1. The highest BCUT2D eigenvalue weighted by atomic mass is 79.9. The van der Waals surface area contributed by atoms with Gasteiger partial charge >= 0.3 is 5.97 Å². The van der Waals surface area contributed by atoms with Gasteiger partial charge in [-0.15, -0.1) is 0 Å². The Morgan fingerprint density at radius 1 is 1.23 bits per heavy atom. The number of hydrogen-bond acceptors (Lipinski definition) is 5. The first kappa shape index (κ1) is 18.3. The SMILES string of the molecule is COC(=O)[C@@H]1c2ccc(Br)cc2C(=O)[C@@](C)([N+](=O)[O-])[C@@H]1c1ccccc1. The lowest BCUT2D eigenvalue weighted by Crippen LogP contribution is -2.55. The molecule has 0 aromatic heterocycles. The average molecular weight is 418 g/mol. The molecule has 3 rings (SSSR count). The molecule has 0 heterocycles. The van der Waals surface area contributed by atoms with Crippen LogP contribution in [-0.2, 0) is 9.53 Å². The van der Waals surface area contributed by atoms with Crippen molar-refractivity contribution in [3.63, 3.8) is 0 Å². The van der Waals surface area contributed by atoms with Crippen LogP contribution in [0.3, 0.4) is 0 Å². The van der Waals surface area contributed by atoms with E-state index in [0.29, 0.717) is 15.6 Å². The maximum Gasteiger partial charge on any atom is 0.314 e. The van der Waals surface area contributed by atoms with E-state index in [1.54, 1.807) is 42.5 Å². The highest BCUT2D eigenvalue weighted by molar-refractivity contribution is 9.10. The number of Topliss-reactive ketones (excluding diaryl/α,β-unsaturated/α-hetero) is 1. The number of rotatable bonds is 3. The van der Waals surface area contributed by atoms with E-state index < -0.39 is 34.1 Å². The molecule has 0 N–H and O–H groups in total. The zero-order chi connectivity index (χ0) is 19.1. The largest absolute Gasteiger partial charge is 0.469 e. The lowest BCUT2D eigenvalue weighted by Gasteiger charge is -2.38. The summed E-state index contributed by atoms with van der Waals surface area (Å²) in [6.07, 6.45) is 0. The van der Waals surface area contributed by atoms with Crippen LogP contribution in [0.25, 0.3) is 0 Å². The number of fused-ring (bicyclic) bond motifs is 1. The second kappa shape index (κ2) is 6.64. The van der Waals surface area contributed by atoms with Crippen molar-refractivity contribution in [1.82, 2.24) is 0 Å². The molecule has 1 aliphatic carbocycles. The highest BCUT2D eigenvalue weighted by Crippen LogP contribution is 2.50. The van der Waals surface area contributed by atoms with Gasteiger partial charge in [-0.05, 0) is 23.3 Å². The van der Waals surface area contributed by atoms with Crippen molar-refractivity contribution in [2.24, 2.45) is 0 Å². The molecule has 6 nitrogen and oxygen atoms in total. The number of halogens is 1. The Labute approximate surface area is 158 Å². The van der Waals surface area contributed by atoms with Gasteiger partial charge in [0.1, 0.15) is 0 Å². The predicted molar refractivity (Wildman–Crippen MR) is 97.8 cm³/mol. The van der Waals surface area contributed by atoms with Gasteiger partial charge in [-0.25, -0.2) is 0 Å². The molecule has 0 aliphatic heterocycles. The third-order valence-corrected chi connectivity index (χ3v) is 5.48. The molecule has 7 heteroatoms. The van der Waals surface area contributed by atoms with Crippen molar-refractivity contribution in [3.05, 3.63) is 79.8 Å². The first-order valence-electron chi connectivity index (χ1n) is 7.94. The maximum absolute atomic E-state index is 13.2. The molecule has 1 aliphatic rings. The lowest BCUT2D eigenvalue weighted by atomic mass is 9.62. The number of carbonyl (C=O) groups is 2. The second-order valence-electron chi connectivity index (χ2n) is 6.35. The Hall–Kier alpha value is -2.54. The summed E-state index contributed by atoms with van der Waals surface area (Å²) in [5.41, 5.74) is -0.836. The summed E-state index contributed by atoms with van der Waals surface area (Å²) in [5, 5.41) is 12.0. The van der Waals surface area contributed by atoms with E-state index in [0.717, 1.165) is 0 Å². The van der Waals surface area contributed by atoms with Gasteiger partial charge in [0.05, 0.1) is 18.9 Å². The van der Waals surface area contributed by atoms with Gasteiger partial charge in [0.15, 0.2) is 0 Å². The Bertz CT molecular complexity index is 898. The van der Waals surface area contributed by atoms with Crippen molar-refractivity contribution in [3.8, 4) is 0 Å². The van der Waals surface area contributed by atoms with E-state index in [9.17, 15) is 19.7 Å². The molecule has 2 aromatic rings. The van der Waals surface area contributed by atoms with Gasteiger partial charge in [0.2, 0.25) is 5.78 Å². The summed E-state index contributed by atoms with van der Waals surface area (Å²) in [6.45, 7) is 1.28. The van der Waals surface area contributed by atoms with E-state index in [1.165, 1.54) is 20.1 Å². The normalized spacial score (nSPS) is 24.7. The smallest absolute Gasteiger partial charge is 0.314 e. The van der Waals surface area contributed by atoms with Gasteiger partial charge in [-0.1, -0.05) is 52.3 Å².